The molecule has 4 nitrogen and oxygen atoms in total. The van der Waals surface area contributed by atoms with Crippen LogP contribution in [0, 0.1) is 5.92 Å². The fourth-order valence-electron chi connectivity index (χ4n) is 2.20. The summed E-state index contributed by atoms with van der Waals surface area (Å²) in [6, 6.07) is 0. The summed E-state index contributed by atoms with van der Waals surface area (Å²) < 4.78 is 31.3. The number of nitrogens with zero attached hydrogens (tertiary/aromatic N) is 1. The van der Waals surface area contributed by atoms with E-state index in [1.165, 1.54) is 12.8 Å². The van der Waals surface area contributed by atoms with E-state index < -0.39 is 10.0 Å². The maximum atomic E-state index is 12.0. The van der Waals surface area contributed by atoms with Crippen LogP contribution in [0.2, 0.25) is 0 Å². The molecule has 1 atom stereocenters. The lowest BCUT2D eigenvalue weighted by Crippen LogP contribution is -2.33. The second-order valence-corrected chi connectivity index (χ2v) is 7.50. The Morgan fingerprint density at radius 3 is 2.50 bits per heavy atom. The SMILES string of the molecule is O=S(=O)(C1CC1)N1CCC(OCC2CC2)C1. The van der Waals surface area contributed by atoms with E-state index in [2.05, 4.69) is 0 Å². The van der Waals surface area contributed by atoms with Gasteiger partial charge in [0.1, 0.15) is 0 Å². The largest absolute Gasteiger partial charge is 0.377 e. The van der Waals surface area contributed by atoms with E-state index in [0.717, 1.165) is 31.8 Å². The molecule has 0 aromatic carbocycles. The second kappa shape index (κ2) is 3.96. The van der Waals surface area contributed by atoms with Gasteiger partial charge in [0.2, 0.25) is 10.0 Å². The molecule has 0 aromatic heterocycles. The summed E-state index contributed by atoms with van der Waals surface area (Å²) in [6.07, 6.45) is 5.31. The monoisotopic (exact) mass is 245 g/mol. The van der Waals surface area contributed by atoms with Crippen molar-refractivity contribution in [2.75, 3.05) is 19.7 Å². The molecule has 16 heavy (non-hydrogen) atoms. The van der Waals surface area contributed by atoms with Crippen LogP contribution in [0.5, 0.6) is 0 Å². The van der Waals surface area contributed by atoms with Crippen molar-refractivity contribution in [3.05, 3.63) is 0 Å². The van der Waals surface area contributed by atoms with Gasteiger partial charge in [-0.2, -0.15) is 4.31 Å². The molecule has 2 saturated carbocycles. The van der Waals surface area contributed by atoms with Gasteiger partial charge in [-0.15, -0.1) is 0 Å². The second-order valence-electron chi connectivity index (χ2n) is 5.29. The minimum atomic E-state index is -2.97. The van der Waals surface area contributed by atoms with Gasteiger partial charge < -0.3 is 4.74 Å². The smallest absolute Gasteiger partial charge is 0.217 e. The van der Waals surface area contributed by atoms with Gasteiger partial charge in [0, 0.05) is 19.7 Å². The third-order valence-corrected chi connectivity index (χ3v) is 6.04. The summed E-state index contributed by atoms with van der Waals surface area (Å²) >= 11 is 0. The number of rotatable bonds is 5. The molecule has 1 heterocycles. The molecule has 5 heteroatoms. The van der Waals surface area contributed by atoms with Crippen molar-refractivity contribution in [3.63, 3.8) is 0 Å². The Kier molecular flexibility index (Phi) is 2.72. The van der Waals surface area contributed by atoms with Crippen molar-refractivity contribution in [1.29, 1.82) is 0 Å². The van der Waals surface area contributed by atoms with Crippen LogP contribution in [0.3, 0.4) is 0 Å². The third kappa shape index (κ3) is 2.26. The molecule has 0 radical (unpaired) electrons. The van der Waals surface area contributed by atoms with Gasteiger partial charge in [-0.3, -0.25) is 0 Å². The van der Waals surface area contributed by atoms with Crippen LogP contribution in [0.15, 0.2) is 0 Å². The van der Waals surface area contributed by atoms with Gasteiger partial charge in [-0.05, 0) is 38.0 Å². The first-order chi connectivity index (χ1) is 7.66. The molecule has 92 valence electrons. The molecule has 1 aliphatic heterocycles. The van der Waals surface area contributed by atoms with Crippen LogP contribution >= 0.6 is 0 Å². The number of sulfonamides is 1. The van der Waals surface area contributed by atoms with Crippen molar-refractivity contribution >= 4 is 10.0 Å². The van der Waals surface area contributed by atoms with Crippen LogP contribution in [0.4, 0.5) is 0 Å². The first kappa shape index (κ1) is 11.0. The minimum absolute atomic E-state index is 0.0744. The summed E-state index contributed by atoms with van der Waals surface area (Å²) in [6.45, 7) is 2.09. The van der Waals surface area contributed by atoms with Gasteiger partial charge >= 0.3 is 0 Å². The highest BCUT2D eigenvalue weighted by Crippen LogP contribution is 2.34. The Morgan fingerprint density at radius 2 is 1.88 bits per heavy atom. The lowest BCUT2D eigenvalue weighted by Gasteiger charge is -2.16. The molecule has 3 rings (SSSR count). The summed E-state index contributed by atoms with van der Waals surface area (Å²) in [5.74, 6) is 0.758. The Labute approximate surface area is 97.0 Å². The number of hydrogen-bond acceptors (Lipinski definition) is 3. The van der Waals surface area contributed by atoms with E-state index >= 15 is 0 Å². The van der Waals surface area contributed by atoms with Gasteiger partial charge in [-0.1, -0.05) is 0 Å². The summed E-state index contributed by atoms with van der Waals surface area (Å²) in [7, 11) is -2.97. The molecule has 2 aliphatic carbocycles. The summed E-state index contributed by atoms with van der Waals surface area (Å²) in [4.78, 5) is 0. The van der Waals surface area contributed by atoms with E-state index in [0.29, 0.717) is 13.1 Å². The first-order valence-corrected chi connectivity index (χ1v) is 7.77. The molecule has 1 saturated heterocycles. The lowest BCUT2D eigenvalue weighted by molar-refractivity contribution is 0.0561. The molecule has 1 unspecified atom stereocenters. The fourth-order valence-corrected chi connectivity index (χ4v) is 4.09. The average Bonchev–Trinajstić information content (AvgIpc) is 3.13. The predicted octanol–water partition coefficient (Wildman–Crippen LogP) is 0.980. The Balaban J connectivity index is 1.51. The van der Waals surface area contributed by atoms with E-state index in [4.69, 9.17) is 4.74 Å². The van der Waals surface area contributed by atoms with Gasteiger partial charge in [0.15, 0.2) is 0 Å². The summed E-state index contributed by atoms with van der Waals surface area (Å²) in [5.41, 5.74) is 0. The zero-order valence-corrected chi connectivity index (χ0v) is 10.3. The highest BCUT2D eigenvalue weighted by molar-refractivity contribution is 7.90. The van der Waals surface area contributed by atoms with Crippen molar-refractivity contribution in [1.82, 2.24) is 4.31 Å². The molecule has 0 spiro atoms. The normalized spacial score (nSPS) is 32.1. The van der Waals surface area contributed by atoms with Crippen LogP contribution in [0.1, 0.15) is 32.1 Å². The van der Waals surface area contributed by atoms with Crippen LogP contribution in [0.25, 0.3) is 0 Å². The molecule has 0 bridgehead atoms. The molecule has 0 amide bonds. The quantitative estimate of drug-likeness (QED) is 0.725. The number of hydrogen-bond donors (Lipinski definition) is 0. The first-order valence-electron chi connectivity index (χ1n) is 6.27. The zero-order chi connectivity index (χ0) is 11.2. The molecule has 3 aliphatic rings. The Morgan fingerprint density at radius 1 is 1.12 bits per heavy atom. The average molecular weight is 245 g/mol. The molecular formula is C11H19NO3S. The topological polar surface area (TPSA) is 46.6 Å². The van der Waals surface area contributed by atoms with Crippen LogP contribution in [-0.2, 0) is 14.8 Å². The van der Waals surface area contributed by atoms with E-state index in [1.807, 2.05) is 0 Å². The van der Waals surface area contributed by atoms with Gasteiger partial charge in [-0.25, -0.2) is 8.42 Å². The molecular weight excluding hydrogens is 226 g/mol. The van der Waals surface area contributed by atoms with Crippen molar-refractivity contribution in [3.8, 4) is 0 Å². The van der Waals surface area contributed by atoms with E-state index in [9.17, 15) is 8.42 Å². The third-order valence-electron chi connectivity index (χ3n) is 3.68. The van der Waals surface area contributed by atoms with Gasteiger partial charge in [0.05, 0.1) is 11.4 Å². The maximum absolute atomic E-state index is 12.0. The fraction of sp³-hybridized carbons (Fsp3) is 1.00. The van der Waals surface area contributed by atoms with Crippen LogP contribution < -0.4 is 0 Å². The van der Waals surface area contributed by atoms with E-state index in [-0.39, 0.29) is 11.4 Å². The van der Waals surface area contributed by atoms with Gasteiger partial charge in [0.25, 0.3) is 0 Å². The van der Waals surface area contributed by atoms with Crippen LogP contribution in [-0.4, -0.2) is 43.8 Å². The number of ether oxygens (including phenoxy) is 1. The molecule has 0 N–H and O–H groups in total. The van der Waals surface area contributed by atoms with E-state index in [1.54, 1.807) is 4.31 Å². The lowest BCUT2D eigenvalue weighted by atomic mass is 10.3. The highest BCUT2D eigenvalue weighted by Gasteiger charge is 2.43. The highest BCUT2D eigenvalue weighted by atomic mass is 32.2. The van der Waals surface area contributed by atoms with Crippen molar-refractivity contribution in [2.45, 2.75) is 43.5 Å². The van der Waals surface area contributed by atoms with Crippen molar-refractivity contribution < 1.29 is 13.2 Å². The zero-order valence-electron chi connectivity index (χ0n) is 9.47. The molecule has 0 aromatic rings. The van der Waals surface area contributed by atoms with Crippen molar-refractivity contribution in [2.24, 2.45) is 5.92 Å². The standard InChI is InChI=1S/C11H19NO3S/c13-16(14,11-3-4-11)12-6-5-10(7-12)15-8-9-1-2-9/h9-11H,1-8H2. The summed E-state index contributed by atoms with van der Waals surface area (Å²) in [5, 5.41) is -0.0744. The predicted molar refractivity (Wildman–Crippen MR) is 60.6 cm³/mol. The Hall–Kier alpha value is -0.130. The minimum Gasteiger partial charge on any atom is -0.377 e. The maximum Gasteiger partial charge on any atom is 0.217 e. The Bertz CT molecular complexity index is 359. The molecule has 3 fully saturated rings.